The first kappa shape index (κ1) is 98.0. The first-order valence-corrected chi connectivity index (χ1v) is 51.0. The summed E-state index contributed by atoms with van der Waals surface area (Å²) >= 11 is 13.2. The number of hydrogen-bond donors (Lipinski definition) is 4. The van der Waals surface area contributed by atoms with Crippen LogP contribution in [0.3, 0.4) is 0 Å². The van der Waals surface area contributed by atoms with E-state index in [-0.39, 0.29) is 23.6 Å². The van der Waals surface area contributed by atoms with E-state index in [1.54, 1.807) is 94.1 Å². The molecule has 0 aromatic rings. The average Bonchev–Trinajstić information content (AvgIpc) is 1.66. The van der Waals surface area contributed by atoms with Gasteiger partial charge in [0, 0.05) is 26.2 Å². The molecule has 0 spiro atoms. The topological polar surface area (TPSA) is 116 Å². The van der Waals surface area contributed by atoms with Crippen molar-refractivity contribution in [1.82, 2.24) is 21.3 Å². The van der Waals surface area contributed by atoms with Crippen molar-refractivity contribution < 1.29 is 19.2 Å². The molecule has 4 amide bonds. The van der Waals surface area contributed by atoms with E-state index < -0.39 is 0 Å². The molecule has 16 heteroatoms. The largest absolute Gasteiger partial charge is 0.355 e. The summed E-state index contributed by atoms with van der Waals surface area (Å²) < 4.78 is 6.60. The molecule has 0 bridgehead atoms. The van der Waals surface area contributed by atoms with Crippen LogP contribution in [0.25, 0.3) is 0 Å². The average molecular weight is 1570 g/mol. The van der Waals surface area contributed by atoms with Gasteiger partial charge in [-0.3, -0.25) is 19.2 Å². The molecule has 8 nitrogen and oxygen atoms in total. The van der Waals surface area contributed by atoms with Crippen LogP contribution in [0.1, 0.15) is 439 Å². The lowest BCUT2D eigenvalue weighted by Crippen LogP contribution is -2.26. The third-order valence-corrected chi connectivity index (χ3v) is 31.6. The Morgan fingerprint density at radius 2 is 0.314 bits per heavy atom. The van der Waals surface area contributed by atoms with E-state index in [0.717, 1.165) is 76.8 Å². The van der Waals surface area contributed by atoms with Gasteiger partial charge < -0.3 is 21.3 Å². The van der Waals surface area contributed by atoms with Crippen molar-refractivity contribution in [2.24, 2.45) is 0 Å². The molecule has 2 rings (SSSR count). The molecule has 0 saturated carbocycles. The van der Waals surface area contributed by atoms with Gasteiger partial charge in [-0.05, 0) is 25.7 Å². The number of hydrogen-bond acceptors (Lipinski definition) is 12. The summed E-state index contributed by atoms with van der Waals surface area (Å²) in [6.07, 6.45) is 85.3. The van der Waals surface area contributed by atoms with Crippen molar-refractivity contribution in [3.8, 4) is 0 Å². The summed E-state index contributed by atoms with van der Waals surface area (Å²) in [5.41, 5.74) is 0. The van der Waals surface area contributed by atoms with Crippen molar-refractivity contribution in [2.75, 3.05) is 49.2 Å². The van der Waals surface area contributed by atoms with E-state index in [1.807, 2.05) is 0 Å². The Kier molecular flexibility index (Phi) is 74.6. The maximum atomic E-state index is 13.4. The molecule has 2 aliphatic heterocycles. The highest BCUT2D eigenvalue weighted by atomic mass is 32.3. The Morgan fingerprint density at radius 1 is 0.196 bits per heavy atom. The molecule has 0 aromatic heterocycles. The SMILES string of the molecule is CCCCCCCCCCCCCCCCCCNC(=O)CSC1=C(SCC(=O)NCCCCCCCCCCCCCCCCCC)SC(=C2SC(SCC(=O)NCCCCCCCCCCCCCCCCCC)=C(SCC(=O)NCCCCCCCCCCCCCCCCCC)S2)S1. The molecule has 596 valence electrons. The van der Waals surface area contributed by atoms with Crippen molar-refractivity contribution in [2.45, 2.75) is 439 Å². The second kappa shape index (κ2) is 77.6. The van der Waals surface area contributed by atoms with E-state index >= 15 is 0 Å². The Bertz CT molecular complexity index is 1790. The summed E-state index contributed by atoms with van der Waals surface area (Å²) in [5.74, 6) is 1.59. The van der Waals surface area contributed by atoms with Crippen LogP contribution in [0.15, 0.2) is 25.4 Å². The molecule has 0 fully saturated rings. The highest BCUT2D eigenvalue weighted by molar-refractivity contribution is 8.45. The van der Waals surface area contributed by atoms with Gasteiger partial charge in [0.25, 0.3) is 0 Å². The molecule has 0 aromatic carbocycles. The molecule has 0 atom stereocenters. The quantitative estimate of drug-likeness (QED) is 0.0435. The number of carbonyl (C=O) groups is 4. The lowest BCUT2D eigenvalue weighted by Gasteiger charge is -2.08. The van der Waals surface area contributed by atoms with Gasteiger partial charge in [0.05, 0.1) is 48.4 Å². The molecule has 0 radical (unpaired) electrons. The smallest absolute Gasteiger partial charge is 0.230 e. The predicted octanol–water partition coefficient (Wildman–Crippen LogP) is 29.8. The number of thioether (sulfide) groups is 8. The number of amides is 4. The van der Waals surface area contributed by atoms with Gasteiger partial charge in [0.2, 0.25) is 23.6 Å². The number of rotatable bonds is 80. The van der Waals surface area contributed by atoms with Crippen molar-refractivity contribution in [1.29, 1.82) is 0 Å². The Labute approximate surface area is 666 Å². The van der Waals surface area contributed by atoms with Crippen LogP contribution in [-0.2, 0) is 19.2 Å². The van der Waals surface area contributed by atoms with Gasteiger partial charge >= 0.3 is 0 Å². The van der Waals surface area contributed by atoms with Crippen LogP contribution in [0.2, 0.25) is 0 Å². The van der Waals surface area contributed by atoms with Crippen LogP contribution >= 0.6 is 94.1 Å². The van der Waals surface area contributed by atoms with Gasteiger partial charge in [-0.15, -0.1) is 47.0 Å². The fourth-order valence-corrected chi connectivity index (χ4v) is 24.7. The maximum absolute atomic E-state index is 13.4. The highest BCUT2D eigenvalue weighted by Gasteiger charge is 2.32. The van der Waals surface area contributed by atoms with Gasteiger partial charge in [-0.2, -0.15) is 0 Å². The van der Waals surface area contributed by atoms with Gasteiger partial charge in [0.1, 0.15) is 0 Å². The first-order chi connectivity index (χ1) is 50.3. The second-order valence-electron chi connectivity index (χ2n) is 29.9. The maximum Gasteiger partial charge on any atom is 0.230 e. The monoisotopic (exact) mass is 1570 g/mol. The molecule has 0 unspecified atom stereocenters. The standard InChI is InChI=1S/C86H160N4O4S8/c1-5-9-13-17-21-25-29-33-37-41-45-49-53-57-61-65-69-87-77(91)73-95-81-82(96-74-78(92)88-70-66-62-58-54-50-46-42-38-34-30-26-22-18-14-10-6-2)100-85(99-81)86-101-83(97-75-79(93)89-71-67-63-59-55-51-47-43-39-35-31-27-23-19-15-11-7-3)84(102-86)98-76-80(94)90-72-68-64-60-56-52-48-44-40-36-32-28-24-20-16-12-8-4/h5-76H2,1-4H3,(H,87,91)(H,88,92)(H,89,93)(H,90,94). The number of unbranched alkanes of at least 4 members (excludes halogenated alkanes) is 60. The minimum Gasteiger partial charge on any atom is -0.355 e. The molecular weight excluding hydrogens is 1410 g/mol. The Hall–Kier alpha value is -0.100. The van der Waals surface area contributed by atoms with Crippen LogP contribution in [-0.4, -0.2) is 72.8 Å². The molecule has 2 aliphatic rings. The molecule has 2 heterocycles. The van der Waals surface area contributed by atoms with Gasteiger partial charge in [0.15, 0.2) is 0 Å². The summed E-state index contributed by atoms with van der Waals surface area (Å²) in [4.78, 5) is 53.7. The fourth-order valence-electron chi connectivity index (χ4n) is 13.4. The fraction of sp³-hybridized carbons (Fsp3) is 0.884. The molecule has 0 aliphatic carbocycles. The van der Waals surface area contributed by atoms with Gasteiger partial charge in [-0.1, -0.05) is 460 Å². The minimum absolute atomic E-state index is 0.0610. The van der Waals surface area contributed by atoms with Crippen molar-refractivity contribution in [3.63, 3.8) is 0 Å². The van der Waals surface area contributed by atoms with E-state index in [1.165, 1.54) is 360 Å². The zero-order valence-corrected chi connectivity index (χ0v) is 73.3. The van der Waals surface area contributed by atoms with Crippen LogP contribution in [0, 0.1) is 0 Å². The Balaban J connectivity index is 1.96. The molecule has 4 N–H and O–H groups in total. The zero-order chi connectivity index (χ0) is 73.2. The van der Waals surface area contributed by atoms with E-state index in [0.29, 0.717) is 49.2 Å². The lowest BCUT2D eigenvalue weighted by molar-refractivity contribution is -0.119. The normalized spacial score (nSPS) is 13.2. The molecule has 102 heavy (non-hydrogen) atoms. The lowest BCUT2D eigenvalue weighted by atomic mass is 10.0. The van der Waals surface area contributed by atoms with Crippen LogP contribution in [0.5, 0.6) is 0 Å². The summed E-state index contributed by atoms with van der Waals surface area (Å²) in [6.45, 7) is 12.0. The Morgan fingerprint density at radius 3 is 0.441 bits per heavy atom. The summed E-state index contributed by atoms with van der Waals surface area (Å²) in [6, 6.07) is 0. The molecular formula is C86H160N4O4S8. The zero-order valence-electron chi connectivity index (χ0n) is 66.8. The third-order valence-electron chi connectivity index (χ3n) is 20.0. The minimum atomic E-state index is 0.0610. The van der Waals surface area contributed by atoms with E-state index in [4.69, 9.17) is 0 Å². The van der Waals surface area contributed by atoms with Crippen molar-refractivity contribution >= 4 is 118 Å². The number of nitrogens with one attached hydrogen (secondary N) is 4. The number of carbonyl (C=O) groups excluding carboxylic acids is 4. The van der Waals surface area contributed by atoms with Crippen LogP contribution in [0.4, 0.5) is 0 Å². The summed E-state index contributed by atoms with van der Waals surface area (Å²) in [7, 11) is 0. The predicted molar refractivity (Wildman–Crippen MR) is 471 cm³/mol. The third kappa shape index (κ3) is 63.7. The highest BCUT2D eigenvalue weighted by Crippen LogP contribution is 2.66. The van der Waals surface area contributed by atoms with E-state index in [2.05, 4.69) is 49.0 Å². The summed E-state index contributed by atoms with van der Waals surface area (Å²) in [5, 5.41) is 12.9. The van der Waals surface area contributed by atoms with Gasteiger partial charge in [-0.25, -0.2) is 0 Å². The first-order valence-electron chi connectivity index (χ1n) is 43.8. The van der Waals surface area contributed by atoms with E-state index in [9.17, 15) is 19.2 Å². The second-order valence-corrected chi connectivity index (χ2v) is 39.5. The van der Waals surface area contributed by atoms with Crippen LogP contribution < -0.4 is 21.3 Å². The van der Waals surface area contributed by atoms with Crippen molar-refractivity contribution in [3.05, 3.63) is 25.4 Å². The molecule has 0 saturated heterocycles.